The number of urea groups is 1. The fourth-order valence-corrected chi connectivity index (χ4v) is 2.35. The zero-order valence-electron chi connectivity index (χ0n) is 14.5. The molecule has 0 bridgehead atoms. The molecule has 138 valence electrons. The first-order valence-corrected chi connectivity index (χ1v) is 7.98. The van der Waals surface area contributed by atoms with Gasteiger partial charge >= 0.3 is 6.03 Å². The Balaban J connectivity index is 1.44. The van der Waals surface area contributed by atoms with Crippen molar-refractivity contribution in [3.05, 3.63) is 36.4 Å². The second-order valence-electron chi connectivity index (χ2n) is 5.35. The van der Waals surface area contributed by atoms with E-state index in [9.17, 15) is 4.79 Å². The molecule has 8 nitrogen and oxygen atoms in total. The minimum Gasteiger partial charge on any atom is -0.496 e. The van der Waals surface area contributed by atoms with Crippen molar-refractivity contribution in [3.63, 3.8) is 0 Å². The molecule has 0 radical (unpaired) electrons. The van der Waals surface area contributed by atoms with Crippen molar-refractivity contribution in [3.8, 4) is 28.7 Å². The minimum absolute atomic E-state index is 0.192. The van der Waals surface area contributed by atoms with Crippen molar-refractivity contribution in [1.29, 1.82) is 0 Å². The molecule has 26 heavy (non-hydrogen) atoms. The molecule has 0 saturated carbocycles. The highest BCUT2D eigenvalue weighted by Gasteiger charge is 2.14. The summed E-state index contributed by atoms with van der Waals surface area (Å²) in [5.41, 5.74) is 0.616. The van der Waals surface area contributed by atoms with Crippen LogP contribution in [0.5, 0.6) is 28.7 Å². The lowest BCUT2D eigenvalue weighted by atomic mass is 10.3. The van der Waals surface area contributed by atoms with Crippen LogP contribution in [0.2, 0.25) is 0 Å². The Kier molecular flexibility index (Phi) is 5.52. The smallest absolute Gasteiger partial charge is 0.319 e. The number of amides is 2. The maximum absolute atomic E-state index is 11.9. The molecule has 2 aromatic rings. The summed E-state index contributed by atoms with van der Waals surface area (Å²) in [5, 5.41) is 5.44. The van der Waals surface area contributed by atoms with Gasteiger partial charge in [0.15, 0.2) is 11.5 Å². The number of carbonyl (C=O) groups is 1. The van der Waals surface area contributed by atoms with Gasteiger partial charge in [0.25, 0.3) is 0 Å². The van der Waals surface area contributed by atoms with Gasteiger partial charge in [-0.3, -0.25) is 0 Å². The number of hydrogen-bond donors (Lipinski definition) is 2. The lowest BCUT2D eigenvalue weighted by Crippen LogP contribution is -2.32. The van der Waals surface area contributed by atoms with Gasteiger partial charge in [0, 0.05) is 30.0 Å². The van der Waals surface area contributed by atoms with Gasteiger partial charge in [-0.1, -0.05) is 0 Å². The number of carbonyl (C=O) groups excluding carboxylic acids is 1. The number of rotatable bonds is 7. The van der Waals surface area contributed by atoms with Crippen LogP contribution in [0.3, 0.4) is 0 Å². The van der Waals surface area contributed by atoms with Crippen molar-refractivity contribution in [2.45, 2.75) is 0 Å². The molecule has 0 aliphatic carbocycles. The Morgan fingerprint density at radius 2 is 1.69 bits per heavy atom. The van der Waals surface area contributed by atoms with Crippen LogP contribution in [0, 0.1) is 0 Å². The normalized spacial score (nSPS) is 11.6. The first-order chi connectivity index (χ1) is 12.7. The number of nitrogens with one attached hydrogen (secondary N) is 2. The highest BCUT2D eigenvalue weighted by molar-refractivity contribution is 5.89. The second-order valence-corrected chi connectivity index (χ2v) is 5.35. The highest BCUT2D eigenvalue weighted by Crippen LogP contribution is 2.34. The predicted octanol–water partition coefficient (Wildman–Crippen LogP) is 2.63. The van der Waals surface area contributed by atoms with E-state index in [0.717, 1.165) is 0 Å². The van der Waals surface area contributed by atoms with Crippen LogP contribution in [0.25, 0.3) is 0 Å². The number of hydrogen-bond acceptors (Lipinski definition) is 6. The topological polar surface area (TPSA) is 87.3 Å². The fraction of sp³-hybridized carbons (Fsp3) is 0.278. The Hall–Kier alpha value is -3.29. The molecule has 0 atom stereocenters. The molecule has 0 aromatic heterocycles. The average Bonchev–Trinajstić information content (AvgIpc) is 3.12. The van der Waals surface area contributed by atoms with Crippen LogP contribution in [-0.2, 0) is 0 Å². The molecule has 2 N–H and O–H groups in total. The lowest BCUT2D eigenvalue weighted by molar-refractivity contribution is 0.174. The quantitative estimate of drug-likeness (QED) is 0.738. The zero-order chi connectivity index (χ0) is 18.4. The summed E-state index contributed by atoms with van der Waals surface area (Å²) in [4.78, 5) is 11.9. The predicted molar refractivity (Wildman–Crippen MR) is 94.6 cm³/mol. The Labute approximate surface area is 151 Å². The van der Waals surface area contributed by atoms with Crippen LogP contribution < -0.4 is 34.3 Å². The zero-order valence-corrected chi connectivity index (χ0v) is 14.5. The third kappa shape index (κ3) is 4.41. The van der Waals surface area contributed by atoms with E-state index in [0.29, 0.717) is 47.6 Å². The molecular weight excluding hydrogens is 340 g/mol. The molecule has 1 heterocycles. The van der Waals surface area contributed by atoms with E-state index >= 15 is 0 Å². The first-order valence-electron chi connectivity index (χ1n) is 7.98. The summed E-state index contributed by atoms with van der Waals surface area (Å²) in [6, 6.07) is 10.1. The van der Waals surface area contributed by atoms with Gasteiger partial charge in [0.1, 0.15) is 23.9 Å². The van der Waals surface area contributed by atoms with E-state index in [2.05, 4.69) is 10.6 Å². The number of ether oxygens (including phenoxy) is 5. The van der Waals surface area contributed by atoms with Crippen molar-refractivity contribution in [1.82, 2.24) is 5.32 Å². The number of benzene rings is 2. The summed E-state index contributed by atoms with van der Waals surface area (Å²) in [6.45, 7) is 0.818. The van der Waals surface area contributed by atoms with E-state index in [1.54, 1.807) is 50.6 Å². The summed E-state index contributed by atoms with van der Waals surface area (Å²) in [7, 11) is 3.14. The van der Waals surface area contributed by atoms with Crippen molar-refractivity contribution in [2.75, 3.05) is 39.5 Å². The van der Waals surface area contributed by atoms with Crippen LogP contribution in [0.1, 0.15) is 0 Å². The molecule has 2 aromatic carbocycles. The van der Waals surface area contributed by atoms with Gasteiger partial charge in [0.2, 0.25) is 6.79 Å². The third-order valence-electron chi connectivity index (χ3n) is 3.61. The minimum atomic E-state index is -0.337. The van der Waals surface area contributed by atoms with Gasteiger partial charge in [-0.25, -0.2) is 4.79 Å². The van der Waals surface area contributed by atoms with E-state index in [1.165, 1.54) is 0 Å². The molecular formula is C18H20N2O6. The second kappa shape index (κ2) is 8.19. The molecule has 1 aliphatic heterocycles. The molecule has 0 unspecified atom stereocenters. The summed E-state index contributed by atoms with van der Waals surface area (Å²) in [5.74, 6) is 3.14. The molecule has 0 spiro atoms. The molecule has 0 saturated heterocycles. The highest BCUT2D eigenvalue weighted by atomic mass is 16.7. The summed E-state index contributed by atoms with van der Waals surface area (Å²) in [6.07, 6.45) is 0. The molecule has 0 fully saturated rings. The van der Waals surface area contributed by atoms with Crippen LogP contribution >= 0.6 is 0 Å². The van der Waals surface area contributed by atoms with Crippen molar-refractivity contribution >= 4 is 11.7 Å². The van der Waals surface area contributed by atoms with E-state index in [1.807, 2.05) is 0 Å². The standard InChI is InChI=1S/C18H20N2O6/c1-22-13-8-14(23-2)10-15(9-13)24-6-5-19-18(21)20-12-3-4-16-17(7-12)26-11-25-16/h3-4,7-10H,5-6,11H2,1-2H3,(H2,19,20,21). The van der Waals surface area contributed by atoms with Crippen molar-refractivity contribution < 1.29 is 28.5 Å². The summed E-state index contributed by atoms with van der Waals surface area (Å²) >= 11 is 0. The number of methoxy groups -OCH3 is 2. The van der Waals surface area contributed by atoms with Gasteiger partial charge in [0.05, 0.1) is 20.8 Å². The van der Waals surface area contributed by atoms with Gasteiger partial charge in [-0.2, -0.15) is 0 Å². The van der Waals surface area contributed by atoms with Crippen LogP contribution in [-0.4, -0.2) is 40.2 Å². The first kappa shape index (κ1) is 17.5. The van der Waals surface area contributed by atoms with Crippen molar-refractivity contribution in [2.24, 2.45) is 0 Å². The lowest BCUT2D eigenvalue weighted by Gasteiger charge is -2.11. The van der Waals surface area contributed by atoms with Crippen LogP contribution in [0.4, 0.5) is 10.5 Å². The Morgan fingerprint density at radius 3 is 2.42 bits per heavy atom. The summed E-state index contributed by atoms with van der Waals surface area (Å²) < 4.78 is 26.5. The maximum atomic E-state index is 11.9. The Morgan fingerprint density at radius 1 is 1.00 bits per heavy atom. The molecule has 3 rings (SSSR count). The molecule has 1 aliphatic rings. The average molecular weight is 360 g/mol. The van der Waals surface area contributed by atoms with Crippen LogP contribution in [0.15, 0.2) is 36.4 Å². The Bertz CT molecular complexity index is 758. The van der Waals surface area contributed by atoms with Gasteiger partial charge in [-0.15, -0.1) is 0 Å². The number of anilines is 1. The molecule has 2 amide bonds. The van der Waals surface area contributed by atoms with E-state index in [-0.39, 0.29) is 12.8 Å². The monoisotopic (exact) mass is 360 g/mol. The van der Waals surface area contributed by atoms with E-state index < -0.39 is 0 Å². The van der Waals surface area contributed by atoms with Gasteiger partial charge in [-0.05, 0) is 12.1 Å². The fourth-order valence-electron chi connectivity index (χ4n) is 2.35. The van der Waals surface area contributed by atoms with E-state index in [4.69, 9.17) is 23.7 Å². The number of fused-ring (bicyclic) bond motifs is 1. The molecule has 8 heteroatoms. The SMILES string of the molecule is COc1cc(OC)cc(OCCNC(=O)Nc2ccc3c(c2)OCO3)c1. The third-order valence-corrected chi connectivity index (χ3v) is 3.61. The van der Waals surface area contributed by atoms with Gasteiger partial charge < -0.3 is 34.3 Å². The maximum Gasteiger partial charge on any atom is 0.319 e. The largest absolute Gasteiger partial charge is 0.496 e.